The molecular weight excluding hydrogens is 204 g/mol. The Morgan fingerprint density at radius 3 is 2.64 bits per heavy atom. The maximum atomic E-state index is 10.8. The van der Waals surface area contributed by atoms with E-state index in [0.29, 0.717) is 11.8 Å². The molecule has 11 heavy (non-hydrogen) atoms. The molecule has 0 aliphatic heterocycles. The van der Waals surface area contributed by atoms with Crippen molar-refractivity contribution in [2.24, 2.45) is 0 Å². The third-order valence-corrected chi connectivity index (χ3v) is 2.05. The van der Waals surface area contributed by atoms with Gasteiger partial charge in [0.25, 0.3) is 0 Å². The van der Waals surface area contributed by atoms with Gasteiger partial charge in [-0.1, -0.05) is 22.4 Å². The molecule has 0 saturated heterocycles. The number of halogens is 1. The zero-order valence-corrected chi connectivity index (χ0v) is 8.19. The van der Waals surface area contributed by atoms with E-state index < -0.39 is 0 Å². The predicted octanol–water partition coefficient (Wildman–Crippen LogP) is 2.53. The van der Waals surface area contributed by atoms with E-state index in [0.717, 1.165) is 25.7 Å². The van der Waals surface area contributed by atoms with Crippen molar-refractivity contribution in [2.45, 2.75) is 32.1 Å². The van der Waals surface area contributed by atoms with Gasteiger partial charge in [0.05, 0.1) is 5.33 Å². The SMILES string of the molecule is C#CCCCCCC(=O)CBr. The molecule has 0 N–H and O–H groups in total. The quantitative estimate of drug-likeness (QED) is 0.379. The summed E-state index contributed by atoms with van der Waals surface area (Å²) in [6.07, 6.45) is 9.70. The fraction of sp³-hybridized carbons (Fsp3) is 0.667. The summed E-state index contributed by atoms with van der Waals surface area (Å²) in [6.45, 7) is 0. The maximum Gasteiger partial charge on any atom is 0.143 e. The molecule has 0 atom stereocenters. The molecule has 0 unspecified atom stereocenters. The van der Waals surface area contributed by atoms with Gasteiger partial charge in [0.1, 0.15) is 5.78 Å². The van der Waals surface area contributed by atoms with Crippen LogP contribution in [0.1, 0.15) is 32.1 Å². The number of alkyl halides is 1. The predicted molar refractivity (Wildman–Crippen MR) is 50.7 cm³/mol. The summed E-state index contributed by atoms with van der Waals surface area (Å²) in [5, 5.41) is 0.488. The zero-order chi connectivity index (χ0) is 8.53. The Kier molecular flexibility index (Phi) is 7.61. The highest BCUT2D eigenvalue weighted by Gasteiger charge is 1.97. The van der Waals surface area contributed by atoms with E-state index in [-0.39, 0.29) is 5.78 Å². The van der Waals surface area contributed by atoms with Crippen molar-refractivity contribution in [1.82, 2.24) is 0 Å². The number of hydrogen-bond donors (Lipinski definition) is 0. The van der Waals surface area contributed by atoms with Gasteiger partial charge in [0.2, 0.25) is 0 Å². The average Bonchev–Trinajstić information content (AvgIpc) is 2.04. The minimum Gasteiger partial charge on any atom is -0.299 e. The first kappa shape index (κ1) is 10.7. The average molecular weight is 217 g/mol. The Morgan fingerprint density at radius 2 is 2.09 bits per heavy atom. The molecule has 0 aromatic rings. The van der Waals surface area contributed by atoms with E-state index in [1.165, 1.54) is 0 Å². The highest BCUT2D eigenvalue weighted by atomic mass is 79.9. The van der Waals surface area contributed by atoms with E-state index in [1.54, 1.807) is 0 Å². The van der Waals surface area contributed by atoms with Gasteiger partial charge in [-0.2, -0.15) is 0 Å². The second kappa shape index (κ2) is 7.81. The molecule has 0 bridgehead atoms. The summed E-state index contributed by atoms with van der Waals surface area (Å²) in [5.74, 6) is 2.86. The highest BCUT2D eigenvalue weighted by molar-refractivity contribution is 9.09. The molecular formula is C9H13BrO. The topological polar surface area (TPSA) is 17.1 Å². The zero-order valence-electron chi connectivity index (χ0n) is 6.61. The lowest BCUT2D eigenvalue weighted by Crippen LogP contribution is -1.97. The second-order valence-corrected chi connectivity index (χ2v) is 3.00. The lowest BCUT2D eigenvalue weighted by atomic mass is 10.1. The molecule has 0 rings (SSSR count). The normalized spacial score (nSPS) is 9.09. The third-order valence-electron chi connectivity index (χ3n) is 1.43. The lowest BCUT2D eigenvalue weighted by Gasteiger charge is -1.95. The van der Waals surface area contributed by atoms with E-state index in [9.17, 15) is 4.79 Å². The molecule has 0 aromatic heterocycles. The number of rotatable bonds is 6. The smallest absolute Gasteiger partial charge is 0.143 e. The van der Waals surface area contributed by atoms with Crippen LogP contribution in [0.3, 0.4) is 0 Å². The van der Waals surface area contributed by atoms with Gasteiger partial charge >= 0.3 is 0 Å². The first-order valence-corrected chi connectivity index (χ1v) is 4.94. The number of unbranched alkanes of at least 4 members (excludes halogenated alkanes) is 3. The Balaban J connectivity index is 3.03. The van der Waals surface area contributed by atoms with Crippen LogP contribution in [-0.2, 0) is 4.79 Å². The van der Waals surface area contributed by atoms with E-state index in [4.69, 9.17) is 6.42 Å². The minimum atomic E-state index is 0.283. The van der Waals surface area contributed by atoms with Gasteiger partial charge in [-0.05, 0) is 12.8 Å². The molecule has 0 saturated carbocycles. The molecule has 0 radical (unpaired) electrons. The summed E-state index contributed by atoms with van der Waals surface area (Å²) < 4.78 is 0. The first-order valence-electron chi connectivity index (χ1n) is 3.82. The van der Waals surface area contributed by atoms with Gasteiger partial charge in [-0.15, -0.1) is 12.3 Å². The number of Topliss-reactive ketones (excluding diaryl/α,β-unsaturated/α-hetero) is 1. The van der Waals surface area contributed by atoms with Crippen molar-refractivity contribution in [3.05, 3.63) is 0 Å². The molecule has 0 fully saturated rings. The van der Waals surface area contributed by atoms with Crippen LogP contribution in [0.5, 0.6) is 0 Å². The Morgan fingerprint density at radius 1 is 1.36 bits per heavy atom. The van der Waals surface area contributed by atoms with Crippen LogP contribution >= 0.6 is 15.9 Å². The van der Waals surface area contributed by atoms with Crippen molar-refractivity contribution in [3.63, 3.8) is 0 Å². The molecule has 0 heterocycles. The van der Waals surface area contributed by atoms with Crippen molar-refractivity contribution < 1.29 is 4.79 Å². The molecule has 0 aliphatic rings. The van der Waals surface area contributed by atoms with Gasteiger partial charge in [-0.25, -0.2) is 0 Å². The maximum absolute atomic E-state index is 10.8. The van der Waals surface area contributed by atoms with Crippen LogP contribution in [0.15, 0.2) is 0 Å². The standard InChI is InChI=1S/C9H13BrO/c1-2-3-4-5-6-7-9(11)8-10/h1H,3-8H2. The Hall–Kier alpha value is -0.290. The number of ketones is 1. The third kappa shape index (κ3) is 7.61. The van der Waals surface area contributed by atoms with Gasteiger partial charge < -0.3 is 0 Å². The van der Waals surface area contributed by atoms with Gasteiger partial charge in [0.15, 0.2) is 0 Å². The number of terminal acetylenes is 1. The van der Waals surface area contributed by atoms with Crippen LogP contribution in [0, 0.1) is 12.3 Å². The van der Waals surface area contributed by atoms with Crippen molar-refractivity contribution in [1.29, 1.82) is 0 Å². The highest BCUT2D eigenvalue weighted by Crippen LogP contribution is 2.03. The lowest BCUT2D eigenvalue weighted by molar-refractivity contribution is -0.116. The fourth-order valence-corrected chi connectivity index (χ4v) is 1.07. The van der Waals surface area contributed by atoms with Crippen molar-refractivity contribution >= 4 is 21.7 Å². The summed E-state index contributed by atoms with van der Waals surface area (Å²) >= 11 is 3.12. The monoisotopic (exact) mass is 216 g/mol. The van der Waals surface area contributed by atoms with E-state index in [2.05, 4.69) is 21.9 Å². The number of hydrogen-bond acceptors (Lipinski definition) is 1. The molecule has 1 nitrogen and oxygen atoms in total. The molecule has 0 aromatic carbocycles. The summed E-state index contributed by atoms with van der Waals surface area (Å²) in [6, 6.07) is 0. The van der Waals surface area contributed by atoms with Crippen molar-refractivity contribution in [3.8, 4) is 12.3 Å². The molecule has 0 amide bonds. The van der Waals surface area contributed by atoms with Crippen LogP contribution < -0.4 is 0 Å². The fourth-order valence-electron chi connectivity index (χ4n) is 0.793. The van der Waals surface area contributed by atoms with Crippen LogP contribution in [-0.4, -0.2) is 11.1 Å². The Bertz CT molecular complexity index is 146. The summed E-state index contributed by atoms with van der Waals surface area (Å²) in [5.41, 5.74) is 0. The second-order valence-electron chi connectivity index (χ2n) is 2.44. The largest absolute Gasteiger partial charge is 0.299 e. The van der Waals surface area contributed by atoms with Crippen LogP contribution in [0.4, 0.5) is 0 Å². The number of carbonyl (C=O) groups excluding carboxylic acids is 1. The van der Waals surface area contributed by atoms with Gasteiger partial charge in [-0.3, -0.25) is 4.79 Å². The molecule has 0 spiro atoms. The first-order chi connectivity index (χ1) is 5.31. The van der Waals surface area contributed by atoms with Crippen LogP contribution in [0.25, 0.3) is 0 Å². The molecule has 2 heteroatoms. The summed E-state index contributed by atoms with van der Waals surface area (Å²) in [4.78, 5) is 10.8. The van der Waals surface area contributed by atoms with E-state index >= 15 is 0 Å². The van der Waals surface area contributed by atoms with E-state index in [1.807, 2.05) is 0 Å². The minimum absolute atomic E-state index is 0.283. The molecule has 0 aliphatic carbocycles. The van der Waals surface area contributed by atoms with Crippen LogP contribution in [0.2, 0.25) is 0 Å². The molecule has 62 valence electrons. The summed E-state index contributed by atoms with van der Waals surface area (Å²) in [7, 11) is 0. The van der Waals surface area contributed by atoms with Gasteiger partial charge in [0, 0.05) is 12.8 Å². The Labute approximate surface area is 76.7 Å². The van der Waals surface area contributed by atoms with Crippen molar-refractivity contribution in [2.75, 3.05) is 5.33 Å². The number of carbonyl (C=O) groups is 1.